The van der Waals surface area contributed by atoms with E-state index < -0.39 is 17.6 Å². The minimum absolute atomic E-state index is 0.0468. The number of anilines is 1. The number of aryl methyl sites for hydroxylation is 1. The summed E-state index contributed by atoms with van der Waals surface area (Å²) in [7, 11) is 0. The number of para-hydroxylation sites is 1. The second kappa shape index (κ2) is 11.0. The van der Waals surface area contributed by atoms with Gasteiger partial charge in [-0.1, -0.05) is 42.0 Å². The Morgan fingerprint density at radius 1 is 1.08 bits per heavy atom. The van der Waals surface area contributed by atoms with E-state index in [-0.39, 0.29) is 16.4 Å². The van der Waals surface area contributed by atoms with Crippen molar-refractivity contribution >= 4 is 56.8 Å². The van der Waals surface area contributed by atoms with E-state index in [1.54, 1.807) is 18.2 Å². The molecule has 6 nitrogen and oxygen atoms in total. The number of hydrogen-bond acceptors (Lipinski definition) is 5. The SMILES string of the molecule is CCOc1cc(/C=C2\C(=O)NC(=S)N(c3ccccc3F)C2=O)cc(Br)c1OCc1cccc(C)c1. The van der Waals surface area contributed by atoms with Crippen LogP contribution in [0.2, 0.25) is 0 Å². The number of amides is 2. The highest BCUT2D eigenvalue weighted by atomic mass is 79.9. The van der Waals surface area contributed by atoms with Gasteiger partial charge in [0.2, 0.25) is 0 Å². The molecule has 0 unspecified atom stereocenters. The summed E-state index contributed by atoms with van der Waals surface area (Å²) in [4.78, 5) is 26.9. The van der Waals surface area contributed by atoms with Gasteiger partial charge in [0.05, 0.1) is 16.8 Å². The molecule has 0 atom stereocenters. The molecule has 3 aromatic carbocycles. The monoisotopic (exact) mass is 568 g/mol. The number of benzene rings is 3. The largest absolute Gasteiger partial charge is 0.490 e. The van der Waals surface area contributed by atoms with Crippen molar-refractivity contribution < 1.29 is 23.5 Å². The summed E-state index contributed by atoms with van der Waals surface area (Å²) in [6.07, 6.45) is 1.41. The Hall–Kier alpha value is -3.56. The summed E-state index contributed by atoms with van der Waals surface area (Å²) in [5.41, 5.74) is 2.39. The van der Waals surface area contributed by atoms with Crippen molar-refractivity contribution in [3.05, 3.63) is 93.2 Å². The number of nitrogens with zero attached hydrogens (tertiary/aromatic N) is 1. The van der Waals surface area contributed by atoms with E-state index in [0.29, 0.717) is 34.7 Å². The number of nitrogens with one attached hydrogen (secondary N) is 1. The average molecular weight is 569 g/mol. The van der Waals surface area contributed by atoms with Gasteiger partial charge in [-0.3, -0.25) is 14.9 Å². The molecule has 1 heterocycles. The van der Waals surface area contributed by atoms with E-state index in [4.69, 9.17) is 21.7 Å². The molecule has 1 saturated heterocycles. The van der Waals surface area contributed by atoms with Gasteiger partial charge in [0.25, 0.3) is 11.8 Å². The minimum Gasteiger partial charge on any atom is -0.490 e. The molecule has 0 aliphatic carbocycles. The second-order valence-corrected chi connectivity index (χ2v) is 9.19. The summed E-state index contributed by atoms with van der Waals surface area (Å²) < 4.78 is 26.8. The maximum absolute atomic E-state index is 14.4. The highest BCUT2D eigenvalue weighted by Gasteiger charge is 2.35. The van der Waals surface area contributed by atoms with Gasteiger partial charge in [-0.2, -0.15) is 0 Å². The van der Waals surface area contributed by atoms with Gasteiger partial charge < -0.3 is 9.47 Å². The summed E-state index contributed by atoms with van der Waals surface area (Å²) in [5.74, 6) is -1.11. The van der Waals surface area contributed by atoms with Gasteiger partial charge in [0.1, 0.15) is 18.0 Å². The van der Waals surface area contributed by atoms with E-state index in [1.807, 2.05) is 38.1 Å². The van der Waals surface area contributed by atoms with Crippen molar-refractivity contribution in [2.75, 3.05) is 11.5 Å². The van der Waals surface area contributed by atoms with E-state index in [0.717, 1.165) is 16.0 Å². The third kappa shape index (κ3) is 5.47. The summed E-state index contributed by atoms with van der Waals surface area (Å²) in [6.45, 7) is 4.56. The summed E-state index contributed by atoms with van der Waals surface area (Å²) >= 11 is 8.66. The first kappa shape index (κ1) is 25.5. The number of carbonyl (C=O) groups excluding carboxylic acids is 2. The fraction of sp³-hybridized carbons (Fsp3) is 0.148. The number of halogens is 2. The molecule has 1 aliphatic heterocycles. The average Bonchev–Trinajstić information content (AvgIpc) is 2.82. The van der Waals surface area contributed by atoms with Crippen molar-refractivity contribution in [1.29, 1.82) is 0 Å². The van der Waals surface area contributed by atoms with Crippen LogP contribution in [0.15, 0.2) is 70.7 Å². The lowest BCUT2D eigenvalue weighted by molar-refractivity contribution is -0.122. The smallest absolute Gasteiger partial charge is 0.270 e. The van der Waals surface area contributed by atoms with Crippen LogP contribution in [-0.4, -0.2) is 23.5 Å². The quantitative estimate of drug-likeness (QED) is 0.225. The molecular weight excluding hydrogens is 547 g/mol. The molecule has 0 saturated carbocycles. The first-order chi connectivity index (χ1) is 17.3. The standard InChI is InChI=1S/C27H22BrFN2O4S/c1-3-34-23-14-18(13-20(28)24(23)35-15-17-8-6-7-16(2)11-17)12-19-25(32)30-27(36)31(26(19)33)22-10-5-4-9-21(22)29/h4-14H,3,15H2,1-2H3,(H,30,32,36)/b19-12+. The Bertz CT molecular complexity index is 1390. The van der Waals surface area contributed by atoms with Crippen LogP contribution in [0.5, 0.6) is 11.5 Å². The molecule has 36 heavy (non-hydrogen) atoms. The van der Waals surface area contributed by atoms with Crippen LogP contribution in [-0.2, 0) is 16.2 Å². The maximum Gasteiger partial charge on any atom is 0.270 e. The molecular formula is C27H22BrFN2O4S. The molecule has 1 fully saturated rings. The first-order valence-electron chi connectivity index (χ1n) is 11.1. The van der Waals surface area contributed by atoms with Crippen LogP contribution in [0.3, 0.4) is 0 Å². The Kier molecular flexibility index (Phi) is 7.81. The lowest BCUT2D eigenvalue weighted by atomic mass is 10.1. The molecule has 0 bridgehead atoms. The molecule has 0 radical (unpaired) electrons. The van der Waals surface area contributed by atoms with Crippen molar-refractivity contribution in [3.63, 3.8) is 0 Å². The fourth-order valence-electron chi connectivity index (χ4n) is 3.71. The van der Waals surface area contributed by atoms with Gasteiger partial charge in [0, 0.05) is 0 Å². The normalized spacial score (nSPS) is 14.7. The third-order valence-electron chi connectivity index (χ3n) is 5.30. The zero-order valence-corrected chi connectivity index (χ0v) is 21.9. The van der Waals surface area contributed by atoms with Gasteiger partial charge in [-0.05, 0) is 83.5 Å². The predicted molar refractivity (Wildman–Crippen MR) is 143 cm³/mol. The molecule has 9 heteroatoms. The molecule has 1 aliphatic rings. The molecule has 184 valence electrons. The lowest BCUT2D eigenvalue weighted by Crippen LogP contribution is -2.54. The van der Waals surface area contributed by atoms with E-state index in [2.05, 4.69) is 21.2 Å². The van der Waals surface area contributed by atoms with Gasteiger partial charge in [0.15, 0.2) is 16.6 Å². The fourth-order valence-corrected chi connectivity index (χ4v) is 4.56. The number of thiocarbonyl (C=S) groups is 1. The number of hydrogen-bond donors (Lipinski definition) is 1. The lowest BCUT2D eigenvalue weighted by Gasteiger charge is -2.29. The molecule has 1 N–H and O–H groups in total. The van der Waals surface area contributed by atoms with Crippen molar-refractivity contribution in [3.8, 4) is 11.5 Å². The zero-order chi connectivity index (χ0) is 25.8. The molecule has 0 aromatic heterocycles. The van der Waals surface area contributed by atoms with Gasteiger partial charge in [-0.15, -0.1) is 0 Å². The second-order valence-electron chi connectivity index (χ2n) is 7.95. The maximum atomic E-state index is 14.4. The molecule has 4 rings (SSSR count). The van der Waals surface area contributed by atoms with Gasteiger partial charge in [-0.25, -0.2) is 9.29 Å². The highest BCUT2D eigenvalue weighted by Crippen LogP contribution is 2.38. The molecule has 0 spiro atoms. The number of ether oxygens (including phenoxy) is 2. The van der Waals surface area contributed by atoms with Crippen LogP contribution in [0, 0.1) is 12.7 Å². The van der Waals surface area contributed by atoms with Gasteiger partial charge >= 0.3 is 0 Å². The topological polar surface area (TPSA) is 67.9 Å². The molecule has 2 amide bonds. The Morgan fingerprint density at radius 2 is 1.86 bits per heavy atom. The van der Waals surface area contributed by atoms with Crippen molar-refractivity contribution in [2.24, 2.45) is 0 Å². The Balaban J connectivity index is 1.67. The van der Waals surface area contributed by atoms with E-state index in [1.165, 1.54) is 24.3 Å². The minimum atomic E-state index is -0.734. The first-order valence-corrected chi connectivity index (χ1v) is 12.3. The van der Waals surface area contributed by atoms with Crippen LogP contribution in [0.1, 0.15) is 23.6 Å². The van der Waals surface area contributed by atoms with E-state index >= 15 is 0 Å². The van der Waals surface area contributed by atoms with Crippen molar-refractivity contribution in [2.45, 2.75) is 20.5 Å². The molecule has 3 aromatic rings. The Labute approximate surface area is 221 Å². The number of carbonyl (C=O) groups is 2. The van der Waals surface area contributed by atoms with E-state index in [9.17, 15) is 14.0 Å². The predicted octanol–water partition coefficient (Wildman–Crippen LogP) is 5.71. The van der Waals surface area contributed by atoms with Crippen molar-refractivity contribution in [1.82, 2.24) is 5.32 Å². The van der Waals surface area contributed by atoms with Crippen LogP contribution in [0.25, 0.3) is 6.08 Å². The Morgan fingerprint density at radius 3 is 2.58 bits per heavy atom. The number of rotatable bonds is 7. The third-order valence-corrected chi connectivity index (χ3v) is 6.18. The van der Waals surface area contributed by atoms with Crippen LogP contribution in [0.4, 0.5) is 10.1 Å². The van der Waals surface area contributed by atoms with Crippen LogP contribution < -0.4 is 19.7 Å². The zero-order valence-electron chi connectivity index (χ0n) is 19.5. The van der Waals surface area contributed by atoms with Crippen LogP contribution >= 0.6 is 28.1 Å². The highest BCUT2D eigenvalue weighted by molar-refractivity contribution is 9.10. The summed E-state index contributed by atoms with van der Waals surface area (Å²) in [5, 5.41) is 2.27. The summed E-state index contributed by atoms with van der Waals surface area (Å²) in [6, 6.07) is 17.1.